The summed E-state index contributed by atoms with van der Waals surface area (Å²) in [5.41, 5.74) is 3.23. The van der Waals surface area contributed by atoms with E-state index in [0.717, 1.165) is 39.7 Å². The van der Waals surface area contributed by atoms with Crippen LogP contribution in [0.1, 0.15) is 30.1 Å². The highest BCUT2D eigenvalue weighted by atomic mass is 32.1. The number of H-pyrrole nitrogens is 1. The van der Waals surface area contributed by atoms with Gasteiger partial charge >= 0.3 is 0 Å². The molecule has 1 fully saturated rings. The summed E-state index contributed by atoms with van der Waals surface area (Å²) in [6.07, 6.45) is 0.391. The Kier molecular flexibility index (Phi) is 4.88. The summed E-state index contributed by atoms with van der Waals surface area (Å²) in [4.78, 5) is 25.0. The van der Waals surface area contributed by atoms with Crippen molar-refractivity contribution >= 4 is 21.6 Å². The first-order valence-corrected chi connectivity index (χ1v) is 10.2. The van der Waals surface area contributed by atoms with Crippen LogP contribution in [0.25, 0.3) is 21.3 Å². The summed E-state index contributed by atoms with van der Waals surface area (Å²) in [5.74, 6) is 0.727. The van der Waals surface area contributed by atoms with E-state index in [-0.39, 0.29) is 17.8 Å². The van der Waals surface area contributed by atoms with Gasteiger partial charge < -0.3 is 9.72 Å². The fraction of sp³-hybridized carbons (Fsp3) is 0.429. The Morgan fingerprint density at radius 2 is 1.85 bits per heavy atom. The van der Waals surface area contributed by atoms with Crippen LogP contribution in [0.15, 0.2) is 29.1 Å². The fourth-order valence-corrected chi connectivity index (χ4v) is 5.00. The lowest BCUT2D eigenvalue weighted by molar-refractivity contribution is -0.0710. The van der Waals surface area contributed by atoms with E-state index in [4.69, 9.17) is 9.72 Å². The quantitative estimate of drug-likeness (QED) is 0.746. The van der Waals surface area contributed by atoms with Crippen molar-refractivity contribution in [2.45, 2.75) is 46.4 Å². The molecular formula is C21H25N3O2S. The molecule has 1 aliphatic heterocycles. The normalized spacial score (nSPS) is 21.0. The number of ether oxygens (including phenoxy) is 1. The first-order valence-electron chi connectivity index (χ1n) is 9.38. The Morgan fingerprint density at radius 3 is 2.52 bits per heavy atom. The first-order chi connectivity index (χ1) is 12.9. The van der Waals surface area contributed by atoms with Gasteiger partial charge in [-0.05, 0) is 33.3 Å². The standard InChI is InChI=1S/C21H25N3O2S/c1-12-5-7-16(8-6-12)18-15(4)27-21-19(18)20(25)22-17(23-21)11-24-9-13(2)26-14(3)10-24/h5-8,13-14H,9-11H2,1-4H3,(H,22,23,25). The van der Waals surface area contributed by atoms with E-state index in [1.807, 2.05) is 0 Å². The van der Waals surface area contributed by atoms with E-state index < -0.39 is 0 Å². The summed E-state index contributed by atoms with van der Waals surface area (Å²) in [7, 11) is 0. The van der Waals surface area contributed by atoms with Crippen molar-refractivity contribution in [1.82, 2.24) is 14.9 Å². The highest BCUT2D eigenvalue weighted by Crippen LogP contribution is 2.35. The number of aromatic nitrogens is 2. The van der Waals surface area contributed by atoms with E-state index in [1.165, 1.54) is 5.56 Å². The molecule has 0 amide bonds. The molecular weight excluding hydrogens is 358 g/mol. The average molecular weight is 384 g/mol. The van der Waals surface area contributed by atoms with Crippen LogP contribution in [-0.4, -0.2) is 40.2 Å². The van der Waals surface area contributed by atoms with Crippen LogP contribution in [0.3, 0.4) is 0 Å². The Bertz CT molecular complexity index is 1010. The molecule has 142 valence electrons. The van der Waals surface area contributed by atoms with Crippen LogP contribution in [0.5, 0.6) is 0 Å². The predicted octanol–water partition coefficient (Wildman–Crippen LogP) is 3.88. The minimum atomic E-state index is -0.0516. The van der Waals surface area contributed by atoms with Gasteiger partial charge in [-0.3, -0.25) is 9.69 Å². The topological polar surface area (TPSA) is 58.2 Å². The fourth-order valence-electron chi connectivity index (χ4n) is 3.93. The predicted molar refractivity (Wildman–Crippen MR) is 110 cm³/mol. The van der Waals surface area contributed by atoms with E-state index in [1.54, 1.807) is 11.3 Å². The van der Waals surface area contributed by atoms with Crippen molar-refractivity contribution in [2.24, 2.45) is 0 Å². The van der Waals surface area contributed by atoms with Gasteiger partial charge in [0, 0.05) is 23.5 Å². The van der Waals surface area contributed by atoms with Gasteiger partial charge in [0.05, 0.1) is 24.1 Å². The van der Waals surface area contributed by atoms with Crippen molar-refractivity contribution in [3.8, 4) is 11.1 Å². The maximum absolute atomic E-state index is 12.9. The Hall–Kier alpha value is -2.02. The lowest BCUT2D eigenvalue weighted by atomic mass is 10.0. The minimum absolute atomic E-state index is 0.0516. The number of aromatic amines is 1. The molecule has 0 bridgehead atoms. The number of fused-ring (bicyclic) bond motifs is 1. The number of benzene rings is 1. The first kappa shape index (κ1) is 18.3. The number of rotatable bonds is 3. The summed E-state index contributed by atoms with van der Waals surface area (Å²) >= 11 is 1.59. The lowest BCUT2D eigenvalue weighted by Gasteiger charge is -2.34. The summed E-state index contributed by atoms with van der Waals surface area (Å²) in [6.45, 7) is 10.6. The monoisotopic (exact) mass is 383 g/mol. The van der Waals surface area contributed by atoms with Gasteiger partial charge in [0.15, 0.2) is 0 Å². The SMILES string of the molecule is Cc1ccc(-c2c(C)sc3nc(CN4CC(C)OC(C)C4)[nH]c(=O)c23)cc1. The molecule has 4 rings (SSSR count). The van der Waals surface area contributed by atoms with Crippen molar-refractivity contribution in [3.05, 3.63) is 50.9 Å². The molecule has 6 heteroatoms. The van der Waals surface area contributed by atoms with Crippen LogP contribution in [0, 0.1) is 13.8 Å². The van der Waals surface area contributed by atoms with Crippen molar-refractivity contribution in [1.29, 1.82) is 0 Å². The third kappa shape index (κ3) is 3.70. The zero-order valence-electron chi connectivity index (χ0n) is 16.2. The highest BCUT2D eigenvalue weighted by Gasteiger charge is 2.23. The molecule has 3 aromatic rings. The Morgan fingerprint density at radius 1 is 1.19 bits per heavy atom. The van der Waals surface area contributed by atoms with Gasteiger partial charge in [-0.25, -0.2) is 4.98 Å². The zero-order valence-corrected chi connectivity index (χ0v) is 17.0. The number of nitrogens with zero attached hydrogens (tertiary/aromatic N) is 2. The van der Waals surface area contributed by atoms with E-state index in [0.29, 0.717) is 11.9 Å². The summed E-state index contributed by atoms with van der Waals surface area (Å²) < 4.78 is 5.79. The van der Waals surface area contributed by atoms with Crippen LogP contribution < -0.4 is 5.56 Å². The number of aryl methyl sites for hydroxylation is 2. The summed E-state index contributed by atoms with van der Waals surface area (Å²) in [6, 6.07) is 8.31. The average Bonchev–Trinajstić information content (AvgIpc) is 2.91. The molecule has 0 spiro atoms. The smallest absolute Gasteiger partial charge is 0.260 e. The van der Waals surface area contributed by atoms with E-state index in [2.05, 4.69) is 61.8 Å². The second-order valence-corrected chi connectivity index (χ2v) is 8.75. The van der Waals surface area contributed by atoms with Gasteiger partial charge in [0.1, 0.15) is 10.7 Å². The van der Waals surface area contributed by atoms with E-state index in [9.17, 15) is 4.79 Å². The molecule has 0 radical (unpaired) electrons. The van der Waals surface area contributed by atoms with Crippen LogP contribution in [-0.2, 0) is 11.3 Å². The molecule has 2 aromatic heterocycles. The number of thiophene rings is 1. The molecule has 1 aromatic carbocycles. The van der Waals surface area contributed by atoms with Crippen molar-refractivity contribution in [2.75, 3.05) is 13.1 Å². The van der Waals surface area contributed by atoms with Gasteiger partial charge in [-0.2, -0.15) is 0 Å². The molecule has 0 saturated carbocycles. The maximum atomic E-state index is 12.9. The third-order valence-corrected chi connectivity index (χ3v) is 6.00. The molecule has 1 N–H and O–H groups in total. The second kappa shape index (κ2) is 7.19. The molecule has 2 atom stereocenters. The Labute approximate surface area is 163 Å². The van der Waals surface area contributed by atoms with Gasteiger partial charge in [0.25, 0.3) is 5.56 Å². The van der Waals surface area contributed by atoms with Gasteiger partial charge in [-0.1, -0.05) is 29.8 Å². The van der Waals surface area contributed by atoms with Gasteiger partial charge in [0.2, 0.25) is 0 Å². The number of hydrogen-bond acceptors (Lipinski definition) is 5. The molecule has 1 aliphatic rings. The second-order valence-electron chi connectivity index (χ2n) is 7.54. The number of hydrogen-bond donors (Lipinski definition) is 1. The molecule has 27 heavy (non-hydrogen) atoms. The number of morpholine rings is 1. The third-order valence-electron chi connectivity index (χ3n) is 5.00. The van der Waals surface area contributed by atoms with Crippen molar-refractivity contribution in [3.63, 3.8) is 0 Å². The lowest BCUT2D eigenvalue weighted by Crippen LogP contribution is -2.45. The summed E-state index contributed by atoms with van der Waals surface area (Å²) in [5, 5.41) is 0.703. The molecule has 0 aliphatic carbocycles. The van der Waals surface area contributed by atoms with Crippen LogP contribution in [0.2, 0.25) is 0 Å². The van der Waals surface area contributed by atoms with Crippen LogP contribution >= 0.6 is 11.3 Å². The molecule has 5 nitrogen and oxygen atoms in total. The molecule has 2 unspecified atom stereocenters. The zero-order chi connectivity index (χ0) is 19.1. The van der Waals surface area contributed by atoms with Gasteiger partial charge in [-0.15, -0.1) is 11.3 Å². The maximum Gasteiger partial charge on any atom is 0.260 e. The van der Waals surface area contributed by atoms with Crippen LogP contribution in [0.4, 0.5) is 0 Å². The largest absolute Gasteiger partial charge is 0.373 e. The molecule has 3 heterocycles. The highest BCUT2D eigenvalue weighted by molar-refractivity contribution is 7.19. The Balaban J connectivity index is 1.71. The van der Waals surface area contributed by atoms with Crippen molar-refractivity contribution < 1.29 is 4.74 Å². The minimum Gasteiger partial charge on any atom is -0.373 e. The van der Waals surface area contributed by atoms with E-state index >= 15 is 0 Å². The molecule has 1 saturated heterocycles. The number of nitrogens with one attached hydrogen (secondary N) is 1.